The molecule has 0 aromatic heterocycles. The average Bonchev–Trinajstić information content (AvgIpc) is 2.82. The maximum Gasteiger partial charge on any atom is 0.251 e. The molecular formula is C26H36N2O4. The fourth-order valence-corrected chi connectivity index (χ4v) is 3.94. The first kappa shape index (κ1) is 23.9. The van der Waals surface area contributed by atoms with Gasteiger partial charge in [-0.15, -0.1) is 0 Å². The summed E-state index contributed by atoms with van der Waals surface area (Å²) in [5.41, 5.74) is 0.581. The summed E-state index contributed by atoms with van der Waals surface area (Å²) >= 11 is 0. The van der Waals surface area contributed by atoms with Crippen molar-refractivity contribution in [3.63, 3.8) is 0 Å². The van der Waals surface area contributed by atoms with Crippen LogP contribution in [0.4, 0.5) is 0 Å². The molecule has 6 nitrogen and oxygen atoms in total. The second-order valence-corrected chi connectivity index (χ2v) is 8.41. The van der Waals surface area contributed by atoms with Gasteiger partial charge in [0.05, 0.1) is 6.61 Å². The van der Waals surface area contributed by atoms with Crippen LogP contribution in [0.15, 0.2) is 48.5 Å². The zero-order valence-corrected chi connectivity index (χ0v) is 19.5. The van der Waals surface area contributed by atoms with E-state index < -0.39 is 0 Å². The molecule has 6 heteroatoms. The van der Waals surface area contributed by atoms with E-state index in [0.717, 1.165) is 25.3 Å². The summed E-state index contributed by atoms with van der Waals surface area (Å²) in [6.07, 6.45) is 2.35. The van der Waals surface area contributed by atoms with Crippen LogP contribution in [-0.4, -0.2) is 56.3 Å². The van der Waals surface area contributed by atoms with E-state index >= 15 is 0 Å². The van der Waals surface area contributed by atoms with Gasteiger partial charge in [0.25, 0.3) is 5.91 Å². The van der Waals surface area contributed by atoms with Crippen molar-refractivity contribution in [2.24, 2.45) is 5.92 Å². The molecule has 1 fully saturated rings. The van der Waals surface area contributed by atoms with Gasteiger partial charge in [-0.3, -0.25) is 4.79 Å². The van der Waals surface area contributed by atoms with Crippen LogP contribution in [-0.2, 0) is 0 Å². The zero-order chi connectivity index (χ0) is 22.8. The molecule has 174 valence electrons. The lowest BCUT2D eigenvalue weighted by molar-refractivity contribution is 0.0922. The van der Waals surface area contributed by atoms with Gasteiger partial charge < -0.3 is 24.4 Å². The van der Waals surface area contributed by atoms with E-state index in [4.69, 9.17) is 14.2 Å². The monoisotopic (exact) mass is 440 g/mol. The van der Waals surface area contributed by atoms with Gasteiger partial charge in [-0.2, -0.15) is 0 Å². The average molecular weight is 441 g/mol. The largest absolute Gasteiger partial charge is 0.490 e. The van der Waals surface area contributed by atoms with Crippen molar-refractivity contribution in [1.82, 2.24) is 10.2 Å². The minimum atomic E-state index is -0.0772. The summed E-state index contributed by atoms with van der Waals surface area (Å²) < 4.78 is 17.2. The third-order valence-corrected chi connectivity index (χ3v) is 5.69. The number of rotatable bonds is 11. The Kier molecular flexibility index (Phi) is 9.23. The van der Waals surface area contributed by atoms with Crippen LogP contribution in [0.2, 0.25) is 0 Å². The van der Waals surface area contributed by atoms with Crippen molar-refractivity contribution in [1.29, 1.82) is 0 Å². The van der Waals surface area contributed by atoms with Crippen molar-refractivity contribution in [3.8, 4) is 17.2 Å². The Labute approximate surface area is 191 Å². The van der Waals surface area contributed by atoms with Gasteiger partial charge >= 0.3 is 0 Å². The molecule has 0 saturated carbocycles. The van der Waals surface area contributed by atoms with E-state index in [0.29, 0.717) is 55.4 Å². The molecule has 1 N–H and O–H groups in total. The Hall–Kier alpha value is -2.73. The number of nitrogens with zero attached hydrogens (tertiary/aromatic N) is 1. The maximum absolute atomic E-state index is 12.7. The van der Waals surface area contributed by atoms with Crippen molar-refractivity contribution < 1.29 is 19.0 Å². The lowest BCUT2D eigenvalue weighted by Crippen LogP contribution is -2.43. The van der Waals surface area contributed by atoms with E-state index in [2.05, 4.69) is 24.1 Å². The number of hydrogen-bond donors (Lipinski definition) is 1. The Balaban J connectivity index is 1.51. The summed E-state index contributed by atoms with van der Waals surface area (Å²) in [6.45, 7) is 10.6. The number of piperidine rings is 1. The third kappa shape index (κ3) is 7.16. The van der Waals surface area contributed by atoms with Crippen LogP contribution in [0.5, 0.6) is 17.2 Å². The Morgan fingerprint density at radius 1 is 1.06 bits per heavy atom. The smallest absolute Gasteiger partial charge is 0.251 e. The highest BCUT2D eigenvalue weighted by Gasteiger charge is 2.22. The number of hydrogen-bond acceptors (Lipinski definition) is 5. The number of benzene rings is 2. The highest BCUT2D eigenvalue weighted by Crippen LogP contribution is 2.28. The molecule has 32 heavy (non-hydrogen) atoms. The molecule has 0 aliphatic carbocycles. The first-order valence-electron chi connectivity index (χ1n) is 11.7. The minimum Gasteiger partial charge on any atom is -0.490 e. The molecule has 1 unspecified atom stereocenters. The number of nitrogens with one attached hydrogen (secondary N) is 1. The predicted octanol–water partition coefficient (Wildman–Crippen LogP) is 4.39. The Morgan fingerprint density at radius 2 is 1.84 bits per heavy atom. The number of para-hydroxylation sites is 1. The summed E-state index contributed by atoms with van der Waals surface area (Å²) in [7, 11) is 0. The van der Waals surface area contributed by atoms with E-state index in [1.165, 1.54) is 6.42 Å². The normalized spacial score (nSPS) is 16.6. The first-order chi connectivity index (χ1) is 15.6. The zero-order valence-electron chi connectivity index (χ0n) is 19.5. The molecule has 1 atom stereocenters. The van der Waals surface area contributed by atoms with Gasteiger partial charge in [0.2, 0.25) is 0 Å². The van der Waals surface area contributed by atoms with Crippen LogP contribution >= 0.6 is 0 Å². The molecular weight excluding hydrogens is 404 g/mol. The number of carbonyl (C=O) groups is 1. The predicted molar refractivity (Wildman–Crippen MR) is 127 cm³/mol. The lowest BCUT2D eigenvalue weighted by atomic mass is 9.97. The summed E-state index contributed by atoms with van der Waals surface area (Å²) in [5.74, 6) is 2.41. The second kappa shape index (κ2) is 12.3. The van der Waals surface area contributed by atoms with E-state index in [9.17, 15) is 4.79 Å². The molecule has 1 aliphatic heterocycles. The van der Waals surface area contributed by atoms with Gasteiger partial charge in [-0.05, 0) is 76.4 Å². The fourth-order valence-electron chi connectivity index (χ4n) is 3.94. The molecule has 2 aromatic rings. The van der Waals surface area contributed by atoms with Gasteiger partial charge in [-0.1, -0.05) is 18.2 Å². The topological polar surface area (TPSA) is 60.0 Å². The molecule has 1 amide bonds. The summed E-state index contributed by atoms with van der Waals surface area (Å²) in [6, 6.07) is 15.5. The quantitative estimate of drug-likeness (QED) is 0.525. The SMILES string of the molecule is CCOc1cc(C(=O)NCC2CCCN(C(C)C)C2)ccc1OCCOc1ccccc1. The highest BCUT2D eigenvalue weighted by molar-refractivity contribution is 5.94. The molecule has 2 aromatic carbocycles. The molecule has 0 radical (unpaired) electrons. The van der Waals surface area contributed by atoms with Crippen LogP contribution < -0.4 is 19.5 Å². The lowest BCUT2D eigenvalue weighted by Gasteiger charge is -2.35. The first-order valence-corrected chi connectivity index (χ1v) is 11.7. The van der Waals surface area contributed by atoms with Crippen LogP contribution in [0.3, 0.4) is 0 Å². The van der Waals surface area contributed by atoms with Gasteiger partial charge in [0.1, 0.15) is 19.0 Å². The molecule has 1 heterocycles. The fraction of sp³-hybridized carbons (Fsp3) is 0.500. The van der Waals surface area contributed by atoms with Gasteiger partial charge in [0.15, 0.2) is 11.5 Å². The number of amides is 1. The second-order valence-electron chi connectivity index (χ2n) is 8.41. The highest BCUT2D eigenvalue weighted by atomic mass is 16.5. The van der Waals surface area contributed by atoms with Crippen LogP contribution in [0.1, 0.15) is 44.0 Å². The van der Waals surface area contributed by atoms with Crippen molar-refractivity contribution in [3.05, 3.63) is 54.1 Å². The molecule has 1 aliphatic rings. The Bertz CT molecular complexity index is 841. The molecule has 3 rings (SSSR count). The molecule has 1 saturated heterocycles. The van der Waals surface area contributed by atoms with E-state index in [1.807, 2.05) is 37.3 Å². The number of carbonyl (C=O) groups excluding carboxylic acids is 1. The molecule has 0 bridgehead atoms. The van der Waals surface area contributed by atoms with Crippen molar-refractivity contribution >= 4 is 5.91 Å². The summed E-state index contributed by atoms with van der Waals surface area (Å²) in [4.78, 5) is 15.2. The van der Waals surface area contributed by atoms with Crippen LogP contribution in [0.25, 0.3) is 0 Å². The number of likely N-dealkylation sites (tertiary alicyclic amines) is 1. The third-order valence-electron chi connectivity index (χ3n) is 5.69. The van der Waals surface area contributed by atoms with Crippen LogP contribution in [0, 0.1) is 5.92 Å². The summed E-state index contributed by atoms with van der Waals surface area (Å²) in [5, 5.41) is 3.11. The van der Waals surface area contributed by atoms with Crippen molar-refractivity contribution in [2.45, 2.75) is 39.7 Å². The Morgan fingerprint density at radius 3 is 2.59 bits per heavy atom. The van der Waals surface area contributed by atoms with E-state index in [-0.39, 0.29) is 5.91 Å². The van der Waals surface area contributed by atoms with Gasteiger partial charge in [-0.25, -0.2) is 0 Å². The standard InChI is InChI=1S/C26H36N2O4/c1-4-30-25-17-22(26(29)27-18-21-9-8-14-28(19-21)20(2)3)12-13-24(25)32-16-15-31-23-10-6-5-7-11-23/h5-7,10-13,17,20-21H,4,8-9,14-16,18-19H2,1-3H3,(H,27,29). The maximum atomic E-state index is 12.7. The van der Waals surface area contributed by atoms with Crippen molar-refractivity contribution in [2.75, 3.05) is 39.5 Å². The number of ether oxygens (including phenoxy) is 3. The van der Waals surface area contributed by atoms with Gasteiger partial charge in [0, 0.05) is 24.7 Å². The molecule has 0 spiro atoms. The van der Waals surface area contributed by atoms with E-state index in [1.54, 1.807) is 18.2 Å². The minimum absolute atomic E-state index is 0.0772.